The number of carbonyl (C=O) groups excluding carboxylic acids is 2. The van der Waals surface area contributed by atoms with Crippen LogP contribution in [-0.2, 0) is 0 Å². The van der Waals surface area contributed by atoms with Gasteiger partial charge < -0.3 is 0 Å². The lowest BCUT2D eigenvalue weighted by atomic mass is 10.2. The van der Waals surface area contributed by atoms with Crippen molar-refractivity contribution in [2.24, 2.45) is 0 Å². The Kier molecular flexibility index (Phi) is 2.73. The zero-order chi connectivity index (χ0) is 9.14. The summed E-state index contributed by atoms with van der Waals surface area (Å²) in [6, 6.07) is 1.28. The van der Waals surface area contributed by atoms with Gasteiger partial charge in [0.15, 0.2) is 5.69 Å². The first-order valence-corrected chi connectivity index (χ1v) is 3.60. The molecule has 0 N–H and O–H groups in total. The quantitative estimate of drug-likeness (QED) is 0.681. The van der Waals surface area contributed by atoms with Gasteiger partial charge in [-0.3, -0.25) is 9.59 Å². The van der Waals surface area contributed by atoms with Crippen molar-refractivity contribution in [1.82, 2.24) is 10.2 Å². The summed E-state index contributed by atoms with van der Waals surface area (Å²) in [5.74, 6) is 0. The van der Waals surface area contributed by atoms with Gasteiger partial charge in [0, 0.05) is 0 Å². The first-order valence-electron chi connectivity index (χ1n) is 2.84. The molecule has 0 aromatic carbocycles. The SMILES string of the molecule is O=C(Cl)c1ccnnc1C(=O)Cl. The molecule has 12 heavy (non-hydrogen) atoms. The van der Waals surface area contributed by atoms with Crippen LogP contribution in [0, 0.1) is 0 Å². The highest BCUT2D eigenvalue weighted by atomic mass is 35.5. The van der Waals surface area contributed by atoms with Crippen molar-refractivity contribution < 1.29 is 9.59 Å². The molecular formula is C6H2Cl2N2O2. The zero-order valence-corrected chi connectivity index (χ0v) is 7.13. The highest BCUT2D eigenvalue weighted by Crippen LogP contribution is 2.09. The van der Waals surface area contributed by atoms with Crippen LogP contribution in [0.2, 0.25) is 0 Å². The molecule has 0 spiro atoms. The third-order valence-electron chi connectivity index (χ3n) is 1.12. The molecular weight excluding hydrogens is 203 g/mol. The number of nitrogens with zero attached hydrogens (tertiary/aromatic N) is 2. The van der Waals surface area contributed by atoms with Gasteiger partial charge in [-0.2, -0.15) is 5.10 Å². The Balaban J connectivity index is 3.27. The minimum atomic E-state index is -0.855. The minimum Gasteiger partial charge on any atom is -0.276 e. The van der Waals surface area contributed by atoms with E-state index in [9.17, 15) is 9.59 Å². The van der Waals surface area contributed by atoms with Gasteiger partial charge in [-0.1, -0.05) is 0 Å². The summed E-state index contributed by atoms with van der Waals surface area (Å²) >= 11 is 10.2. The van der Waals surface area contributed by atoms with E-state index < -0.39 is 10.5 Å². The smallest absolute Gasteiger partial charge is 0.273 e. The Morgan fingerprint density at radius 1 is 1.25 bits per heavy atom. The molecule has 1 aromatic heterocycles. The first-order chi connectivity index (χ1) is 5.63. The molecule has 1 aromatic rings. The molecule has 0 aliphatic heterocycles. The van der Waals surface area contributed by atoms with Crippen LogP contribution in [0.4, 0.5) is 0 Å². The number of hydrogen-bond donors (Lipinski definition) is 0. The number of rotatable bonds is 2. The molecule has 0 radical (unpaired) electrons. The van der Waals surface area contributed by atoms with Gasteiger partial charge in [-0.05, 0) is 29.3 Å². The first kappa shape index (κ1) is 9.09. The Morgan fingerprint density at radius 3 is 2.33 bits per heavy atom. The van der Waals surface area contributed by atoms with Crippen molar-refractivity contribution in [2.75, 3.05) is 0 Å². The summed E-state index contributed by atoms with van der Waals surface area (Å²) in [7, 11) is 0. The fourth-order valence-corrected chi connectivity index (χ4v) is 0.928. The summed E-state index contributed by atoms with van der Waals surface area (Å²) in [5.41, 5.74) is -0.258. The monoisotopic (exact) mass is 204 g/mol. The molecule has 0 saturated heterocycles. The van der Waals surface area contributed by atoms with Crippen molar-refractivity contribution >= 4 is 33.7 Å². The molecule has 1 heterocycles. The van der Waals surface area contributed by atoms with Crippen molar-refractivity contribution in [2.45, 2.75) is 0 Å². The van der Waals surface area contributed by atoms with Gasteiger partial charge >= 0.3 is 0 Å². The third-order valence-corrected chi connectivity index (χ3v) is 1.50. The molecule has 0 atom stereocenters. The molecule has 4 nitrogen and oxygen atoms in total. The van der Waals surface area contributed by atoms with Gasteiger partial charge in [-0.25, -0.2) is 0 Å². The van der Waals surface area contributed by atoms with Crippen LogP contribution in [0.15, 0.2) is 12.3 Å². The molecule has 0 amide bonds. The molecule has 6 heteroatoms. The predicted octanol–water partition coefficient (Wildman–Crippen LogP) is 1.23. The summed E-state index contributed by atoms with van der Waals surface area (Å²) < 4.78 is 0. The van der Waals surface area contributed by atoms with E-state index >= 15 is 0 Å². The maximum Gasteiger partial charge on any atom is 0.273 e. The second-order valence-electron chi connectivity index (χ2n) is 1.84. The van der Waals surface area contributed by atoms with Crippen LogP contribution in [0.1, 0.15) is 20.8 Å². The van der Waals surface area contributed by atoms with Gasteiger partial charge in [0.1, 0.15) is 0 Å². The molecule has 1 rings (SSSR count). The van der Waals surface area contributed by atoms with E-state index in [-0.39, 0.29) is 11.3 Å². The Hall–Kier alpha value is -1.00. The van der Waals surface area contributed by atoms with Crippen molar-refractivity contribution in [3.63, 3.8) is 0 Å². The van der Waals surface area contributed by atoms with Gasteiger partial charge in [0.25, 0.3) is 10.5 Å². The number of carbonyl (C=O) groups is 2. The van der Waals surface area contributed by atoms with Crippen LogP contribution >= 0.6 is 23.2 Å². The lowest BCUT2D eigenvalue weighted by Crippen LogP contribution is -2.04. The molecule has 62 valence electrons. The van der Waals surface area contributed by atoms with E-state index in [0.29, 0.717) is 0 Å². The fraction of sp³-hybridized carbons (Fsp3) is 0. The topological polar surface area (TPSA) is 59.9 Å². The summed E-state index contributed by atoms with van der Waals surface area (Å²) in [6.07, 6.45) is 1.25. The average Bonchev–Trinajstić information content (AvgIpc) is 2.04. The lowest BCUT2D eigenvalue weighted by molar-refractivity contribution is 0.104. The van der Waals surface area contributed by atoms with Gasteiger partial charge in [0.2, 0.25) is 0 Å². The average molecular weight is 205 g/mol. The van der Waals surface area contributed by atoms with E-state index in [1.54, 1.807) is 0 Å². The van der Waals surface area contributed by atoms with Crippen LogP contribution in [-0.4, -0.2) is 20.7 Å². The summed E-state index contributed by atoms with van der Waals surface area (Å²) in [4.78, 5) is 21.3. The maximum atomic E-state index is 10.7. The van der Waals surface area contributed by atoms with E-state index in [2.05, 4.69) is 10.2 Å². The number of aromatic nitrogens is 2. The fourth-order valence-electron chi connectivity index (χ4n) is 0.636. The number of hydrogen-bond acceptors (Lipinski definition) is 4. The van der Waals surface area contributed by atoms with Crippen molar-refractivity contribution in [3.05, 3.63) is 23.5 Å². The van der Waals surface area contributed by atoms with E-state index in [0.717, 1.165) is 0 Å². The predicted molar refractivity (Wildman–Crippen MR) is 42.4 cm³/mol. The molecule has 0 aliphatic carbocycles. The normalized spacial score (nSPS) is 9.50. The maximum absolute atomic E-state index is 10.7. The second-order valence-corrected chi connectivity index (χ2v) is 2.53. The largest absolute Gasteiger partial charge is 0.276 e. The molecule has 0 saturated carbocycles. The standard InChI is InChI=1S/C6H2Cl2N2O2/c7-5(11)3-1-2-9-10-4(3)6(8)12/h1-2H. The van der Waals surface area contributed by atoms with E-state index in [4.69, 9.17) is 23.2 Å². The molecule has 0 unspecified atom stereocenters. The summed E-state index contributed by atoms with van der Waals surface area (Å²) in [6.45, 7) is 0. The van der Waals surface area contributed by atoms with Crippen LogP contribution in [0.5, 0.6) is 0 Å². The Bertz CT molecular complexity index is 307. The van der Waals surface area contributed by atoms with Gasteiger partial charge in [-0.15, -0.1) is 5.10 Å². The minimum absolute atomic E-state index is 0.0355. The molecule has 0 aliphatic rings. The van der Waals surface area contributed by atoms with E-state index in [1.807, 2.05) is 0 Å². The molecule has 0 fully saturated rings. The summed E-state index contributed by atoms with van der Waals surface area (Å²) in [5, 5.41) is 5.11. The van der Waals surface area contributed by atoms with Crippen LogP contribution in [0.25, 0.3) is 0 Å². The highest BCUT2D eigenvalue weighted by molar-refractivity contribution is 6.71. The zero-order valence-electron chi connectivity index (χ0n) is 5.62. The second kappa shape index (κ2) is 3.60. The van der Waals surface area contributed by atoms with Crippen LogP contribution in [0.3, 0.4) is 0 Å². The van der Waals surface area contributed by atoms with Crippen molar-refractivity contribution in [1.29, 1.82) is 0 Å². The number of halogens is 2. The lowest BCUT2D eigenvalue weighted by Gasteiger charge is -1.95. The third kappa shape index (κ3) is 1.78. The van der Waals surface area contributed by atoms with Gasteiger partial charge in [0.05, 0.1) is 11.8 Å². The Morgan fingerprint density at radius 2 is 1.92 bits per heavy atom. The van der Waals surface area contributed by atoms with Crippen molar-refractivity contribution in [3.8, 4) is 0 Å². The van der Waals surface area contributed by atoms with Crippen LogP contribution < -0.4 is 0 Å². The molecule has 0 bridgehead atoms. The Labute approximate surface area is 77.5 Å². The highest BCUT2D eigenvalue weighted by Gasteiger charge is 2.15. The van der Waals surface area contributed by atoms with E-state index in [1.165, 1.54) is 12.3 Å².